The van der Waals surface area contributed by atoms with Crippen LogP contribution in [-0.4, -0.2) is 38.1 Å². The van der Waals surface area contributed by atoms with Crippen LogP contribution in [0.5, 0.6) is 0 Å². The van der Waals surface area contributed by atoms with Crippen LogP contribution < -0.4 is 10.6 Å². The van der Waals surface area contributed by atoms with E-state index in [-0.39, 0.29) is 0 Å². The quantitative estimate of drug-likeness (QED) is 0.793. The van der Waals surface area contributed by atoms with Gasteiger partial charge in [0.2, 0.25) is 0 Å². The molecule has 0 aliphatic carbocycles. The summed E-state index contributed by atoms with van der Waals surface area (Å²) in [4.78, 5) is 4.79. The molecule has 0 bridgehead atoms. The van der Waals surface area contributed by atoms with Gasteiger partial charge in [0.05, 0.1) is 0 Å². The molecule has 2 N–H and O–H groups in total. The van der Waals surface area contributed by atoms with E-state index >= 15 is 0 Å². The Morgan fingerprint density at radius 3 is 2.59 bits per heavy atom. The van der Waals surface area contributed by atoms with Gasteiger partial charge in [-0.15, -0.1) is 0 Å². The zero-order valence-corrected chi connectivity index (χ0v) is 11.3. The molecule has 1 aromatic carbocycles. The highest BCUT2D eigenvalue weighted by Gasteiger charge is 2.31. The van der Waals surface area contributed by atoms with Crippen LogP contribution in [0.1, 0.15) is 12.5 Å². The van der Waals surface area contributed by atoms with E-state index in [2.05, 4.69) is 43.8 Å². The van der Waals surface area contributed by atoms with E-state index < -0.39 is 0 Å². The van der Waals surface area contributed by atoms with Crippen molar-refractivity contribution >= 4 is 11.4 Å². The average Bonchev–Trinajstić information content (AvgIpc) is 2.64. The van der Waals surface area contributed by atoms with E-state index in [1.54, 1.807) is 0 Å². The molecular weight excluding hydrogens is 210 g/mol. The Labute approximate surface area is 104 Å². The molecule has 3 heteroatoms. The van der Waals surface area contributed by atoms with Gasteiger partial charge in [-0.1, -0.05) is 13.0 Å². The number of likely N-dealkylation sites (N-methyl/N-ethyl adjacent to an activating group) is 1. The fraction of sp³-hybridized carbons (Fsp3) is 0.571. The topological polar surface area (TPSA) is 32.5 Å². The van der Waals surface area contributed by atoms with E-state index in [1.807, 2.05) is 12.1 Å². The minimum Gasteiger partial charge on any atom is -0.398 e. The SMILES string of the molecule is Cc1c(N)cccc1N1CC(C)C(N(C)C)C1. The molecule has 0 amide bonds. The summed E-state index contributed by atoms with van der Waals surface area (Å²) in [7, 11) is 4.33. The second kappa shape index (κ2) is 4.57. The summed E-state index contributed by atoms with van der Waals surface area (Å²) >= 11 is 0. The summed E-state index contributed by atoms with van der Waals surface area (Å²) in [5, 5.41) is 0. The minimum atomic E-state index is 0.635. The van der Waals surface area contributed by atoms with E-state index in [0.29, 0.717) is 12.0 Å². The van der Waals surface area contributed by atoms with Crippen molar-refractivity contribution in [3.8, 4) is 0 Å². The maximum absolute atomic E-state index is 5.98. The third kappa shape index (κ3) is 2.25. The third-order valence-corrected chi connectivity index (χ3v) is 3.92. The molecule has 2 atom stereocenters. The van der Waals surface area contributed by atoms with Gasteiger partial charge in [0, 0.05) is 30.5 Å². The molecule has 3 nitrogen and oxygen atoms in total. The standard InChI is InChI=1S/C14H23N3/c1-10-8-17(9-14(10)16(3)4)13-7-5-6-12(15)11(13)2/h5-7,10,14H,8-9,15H2,1-4H3. The highest BCUT2D eigenvalue weighted by molar-refractivity contribution is 5.64. The Bertz CT molecular complexity index is 400. The summed E-state index contributed by atoms with van der Waals surface area (Å²) in [6.45, 7) is 6.65. The highest BCUT2D eigenvalue weighted by atomic mass is 15.2. The first-order valence-electron chi connectivity index (χ1n) is 6.27. The van der Waals surface area contributed by atoms with Gasteiger partial charge >= 0.3 is 0 Å². The smallest absolute Gasteiger partial charge is 0.0417 e. The number of hydrogen-bond acceptors (Lipinski definition) is 3. The Hall–Kier alpha value is -1.22. The minimum absolute atomic E-state index is 0.635. The summed E-state index contributed by atoms with van der Waals surface area (Å²) in [6, 6.07) is 6.83. The zero-order valence-electron chi connectivity index (χ0n) is 11.3. The number of nitrogens with zero attached hydrogens (tertiary/aromatic N) is 2. The van der Waals surface area contributed by atoms with Gasteiger partial charge in [0.25, 0.3) is 0 Å². The van der Waals surface area contributed by atoms with Gasteiger partial charge in [-0.05, 0) is 44.6 Å². The molecule has 1 aliphatic rings. The van der Waals surface area contributed by atoms with Crippen molar-refractivity contribution < 1.29 is 0 Å². The molecule has 0 spiro atoms. The van der Waals surface area contributed by atoms with E-state index in [0.717, 1.165) is 18.8 Å². The lowest BCUT2D eigenvalue weighted by molar-refractivity contribution is 0.266. The van der Waals surface area contributed by atoms with Crippen molar-refractivity contribution in [2.24, 2.45) is 5.92 Å². The Morgan fingerprint density at radius 2 is 2.00 bits per heavy atom. The van der Waals surface area contributed by atoms with E-state index in [9.17, 15) is 0 Å². The van der Waals surface area contributed by atoms with Crippen LogP contribution in [0.2, 0.25) is 0 Å². The molecule has 0 aromatic heterocycles. The molecular formula is C14H23N3. The fourth-order valence-electron chi connectivity index (χ4n) is 2.80. The monoisotopic (exact) mass is 233 g/mol. The predicted octanol–water partition coefficient (Wildman–Crippen LogP) is 1.96. The largest absolute Gasteiger partial charge is 0.398 e. The van der Waals surface area contributed by atoms with E-state index in [1.165, 1.54) is 11.3 Å². The summed E-state index contributed by atoms with van der Waals surface area (Å²) in [6.07, 6.45) is 0. The average molecular weight is 233 g/mol. The molecule has 94 valence electrons. The lowest BCUT2D eigenvalue weighted by atomic mass is 10.1. The molecule has 1 fully saturated rings. The summed E-state index contributed by atoms with van der Waals surface area (Å²) < 4.78 is 0. The second-order valence-corrected chi connectivity index (χ2v) is 5.40. The highest BCUT2D eigenvalue weighted by Crippen LogP contribution is 2.30. The van der Waals surface area contributed by atoms with Crippen molar-refractivity contribution in [1.29, 1.82) is 0 Å². The van der Waals surface area contributed by atoms with Crippen LogP contribution in [0, 0.1) is 12.8 Å². The van der Waals surface area contributed by atoms with Crippen molar-refractivity contribution in [3.05, 3.63) is 23.8 Å². The molecule has 0 radical (unpaired) electrons. The van der Waals surface area contributed by atoms with Gasteiger partial charge in [0.1, 0.15) is 0 Å². The molecule has 1 aromatic rings. The third-order valence-electron chi connectivity index (χ3n) is 3.92. The van der Waals surface area contributed by atoms with Crippen molar-refractivity contribution in [2.45, 2.75) is 19.9 Å². The predicted molar refractivity (Wildman–Crippen MR) is 74.4 cm³/mol. The lowest BCUT2D eigenvalue weighted by Gasteiger charge is -2.24. The molecule has 0 saturated carbocycles. The number of nitrogens with two attached hydrogens (primary N) is 1. The van der Waals surface area contributed by atoms with Crippen LogP contribution in [0.4, 0.5) is 11.4 Å². The first kappa shape index (κ1) is 12.2. The maximum atomic E-state index is 5.98. The summed E-state index contributed by atoms with van der Waals surface area (Å²) in [5.41, 5.74) is 9.37. The Morgan fingerprint density at radius 1 is 1.29 bits per heavy atom. The number of rotatable bonds is 2. The number of nitrogen functional groups attached to an aromatic ring is 1. The van der Waals surface area contributed by atoms with Gasteiger partial charge in [-0.25, -0.2) is 0 Å². The maximum Gasteiger partial charge on any atom is 0.0417 e. The molecule has 1 aliphatic heterocycles. The Balaban J connectivity index is 2.23. The molecule has 2 rings (SSSR count). The number of anilines is 2. The fourth-order valence-corrected chi connectivity index (χ4v) is 2.80. The summed E-state index contributed by atoms with van der Waals surface area (Å²) in [5.74, 6) is 0.700. The lowest BCUT2D eigenvalue weighted by Crippen LogP contribution is -2.34. The van der Waals surface area contributed by atoms with Crippen molar-refractivity contribution in [2.75, 3.05) is 37.8 Å². The van der Waals surface area contributed by atoms with Gasteiger partial charge in [-0.3, -0.25) is 0 Å². The van der Waals surface area contributed by atoms with Crippen molar-refractivity contribution in [1.82, 2.24) is 4.90 Å². The van der Waals surface area contributed by atoms with Crippen molar-refractivity contribution in [3.63, 3.8) is 0 Å². The van der Waals surface area contributed by atoms with Gasteiger partial charge < -0.3 is 15.5 Å². The van der Waals surface area contributed by atoms with Crippen LogP contribution >= 0.6 is 0 Å². The van der Waals surface area contributed by atoms with Gasteiger partial charge in [-0.2, -0.15) is 0 Å². The van der Waals surface area contributed by atoms with Crippen LogP contribution in [0.3, 0.4) is 0 Å². The molecule has 1 heterocycles. The van der Waals surface area contributed by atoms with Crippen LogP contribution in [0.15, 0.2) is 18.2 Å². The number of benzene rings is 1. The van der Waals surface area contributed by atoms with E-state index in [4.69, 9.17) is 5.73 Å². The first-order chi connectivity index (χ1) is 8.00. The van der Waals surface area contributed by atoms with Crippen LogP contribution in [0.25, 0.3) is 0 Å². The van der Waals surface area contributed by atoms with Gasteiger partial charge in [0.15, 0.2) is 0 Å². The second-order valence-electron chi connectivity index (χ2n) is 5.40. The normalized spacial score (nSPS) is 24.6. The zero-order chi connectivity index (χ0) is 12.6. The Kier molecular flexibility index (Phi) is 3.29. The molecule has 2 unspecified atom stereocenters. The number of hydrogen-bond donors (Lipinski definition) is 1. The van der Waals surface area contributed by atoms with Crippen LogP contribution in [-0.2, 0) is 0 Å². The molecule has 17 heavy (non-hydrogen) atoms. The first-order valence-corrected chi connectivity index (χ1v) is 6.27. The molecule has 1 saturated heterocycles.